The lowest BCUT2D eigenvalue weighted by Gasteiger charge is -2.19. The van der Waals surface area contributed by atoms with Gasteiger partial charge in [0.1, 0.15) is 5.82 Å². The Kier molecular flexibility index (Phi) is 4.42. The van der Waals surface area contributed by atoms with Crippen LogP contribution in [0.4, 0.5) is 5.82 Å². The topological polar surface area (TPSA) is 53.6 Å². The van der Waals surface area contributed by atoms with E-state index in [0.29, 0.717) is 0 Å². The molecule has 0 aliphatic heterocycles. The molecule has 4 heteroatoms. The smallest absolute Gasteiger partial charge is 0.125 e. The molecule has 118 valence electrons. The van der Waals surface area contributed by atoms with Crippen molar-refractivity contribution in [3.63, 3.8) is 0 Å². The molecule has 1 atom stereocenters. The molecule has 3 rings (SSSR count). The van der Waals surface area contributed by atoms with Crippen molar-refractivity contribution in [2.24, 2.45) is 0 Å². The highest BCUT2D eigenvalue weighted by Crippen LogP contribution is 2.30. The number of hydrogen-bond acceptors (Lipinski definition) is 3. The molecular weight excluding hydrogens is 284 g/mol. The van der Waals surface area contributed by atoms with Crippen LogP contribution in [-0.4, -0.2) is 22.0 Å². The number of nitrogens with one attached hydrogen (secondary N) is 2. The monoisotopic (exact) mass is 306 g/mol. The van der Waals surface area contributed by atoms with E-state index in [2.05, 4.69) is 58.4 Å². The second-order valence-corrected chi connectivity index (χ2v) is 5.85. The third kappa shape index (κ3) is 3.26. The van der Waals surface area contributed by atoms with Crippen molar-refractivity contribution in [3.8, 4) is 0 Å². The summed E-state index contributed by atoms with van der Waals surface area (Å²) in [5, 5.41) is 3.06. The maximum absolute atomic E-state index is 4.43. The van der Waals surface area contributed by atoms with Crippen LogP contribution in [0.1, 0.15) is 33.9 Å². The summed E-state index contributed by atoms with van der Waals surface area (Å²) in [6.07, 6.45) is 6.50. The molecule has 2 heterocycles. The van der Waals surface area contributed by atoms with Gasteiger partial charge in [-0.25, -0.2) is 9.97 Å². The summed E-state index contributed by atoms with van der Waals surface area (Å²) in [7, 11) is 1.88. The van der Waals surface area contributed by atoms with Gasteiger partial charge < -0.3 is 10.3 Å². The predicted octanol–water partition coefficient (Wildman–Crippen LogP) is 3.84. The molecule has 1 aromatic carbocycles. The summed E-state index contributed by atoms with van der Waals surface area (Å²) < 4.78 is 0. The largest absolute Gasteiger partial charge is 0.373 e. The van der Waals surface area contributed by atoms with Crippen molar-refractivity contribution in [2.75, 3.05) is 12.4 Å². The number of anilines is 1. The van der Waals surface area contributed by atoms with Gasteiger partial charge in [0, 0.05) is 31.1 Å². The van der Waals surface area contributed by atoms with Crippen molar-refractivity contribution in [2.45, 2.75) is 26.2 Å². The average Bonchev–Trinajstić information content (AvgIpc) is 3.10. The fraction of sp³-hybridized carbons (Fsp3) is 0.263. The van der Waals surface area contributed by atoms with Crippen LogP contribution in [0.25, 0.3) is 0 Å². The van der Waals surface area contributed by atoms with E-state index >= 15 is 0 Å². The van der Waals surface area contributed by atoms with Crippen molar-refractivity contribution in [1.82, 2.24) is 15.0 Å². The first-order valence-corrected chi connectivity index (χ1v) is 7.86. The molecule has 0 bridgehead atoms. The first kappa shape index (κ1) is 15.3. The number of aromatic amines is 1. The number of hydrogen-bond donors (Lipinski definition) is 2. The van der Waals surface area contributed by atoms with Gasteiger partial charge in [-0.05, 0) is 48.6 Å². The Labute approximate surface area is 137 Å². The lowest BCUT2D eigenvalue weighted by molar-refractivity contribution is 0.770. The van der Waals surface area contributed by atoms with Gasteiger partial charge in [-0.1, -0.05) is 24.3 Å². The normalized spacial score (nSPS) is 12.1. The minimum Gasteiger partial charge on any atom is -0.373 e. The number of imidazole rings is 1. The van der Waals surface area contributed by atoms with E-state index < -0.39 is 0 Å². The Hall–Kier alpha value is -2.62. The van der Waals surface area contributed by atoms with Crippen molar-refractivity contribution in [1.29, 1.82) is 0 Å². The average molecular weight is 306 g/mol. The highest BCUT2D eigenvalue weighted by atomic mass is 14.9. The molecule has 2 aromatic heterocycles. The molecule has 0 amide bonds. The summed E-state index contributed by atoms with van der Waals surface area (Å²) >= 11 is 0. The Morgan fingerprint density at radius 1 is 1.13 bits per heavy atom. The van der Waals surface area contributed by atoms with E-state index in [-0.39, 0.29) is 5.92 Å². The number of benzene rings is 1. The quantitative estimate of drug-likeness (QED) is 0.753. The lowest BCUT2D eigenvalue weighted by atomic mass is 9.86. The molecule has 0 saturated carbocycles. The molecule has 0 saturated heterocycles. The van der Waals surface area contributed by atoms with Crippen LogP contribution >= 0.6 is 0 Å². The number of aromatic nitrogens is 3. The van der Waals surface area contributed by atoms with E-state index in [1.165, 1.54) is 22.3 Å². The van der Waals surface area contributed by atoms with Crippen molar-refractivity contribution in [3.05, 3.63) is 77.0 Å². The zero-order valence-electron chi connectivity index (χ0n) is 13.8. The van der Waals surface area contributed by atoms with Gasteiger partial charge in [-0.2, -0.15) is 0 Å². The van der Waals surface area contributed by atoms with Gasteiger partial charge >= 0.3 is 0 Å². The number of aryl methyl sites for hydroxylation is 1. The van der Waals surface area contributed by atoms with E-state index in [1.807, 2.05) is 25.5 Å². The van der Waals surface area contributed by atoms with Gasteiger partial charge in [0.2, 0.25) is 0 Å². The number of rotatable bonds is 5. The Morgan fingerprint density at radius 2 is 2.00 bits per heavy atom. The van der Waals surface area contributed by atoms with E-state index in [1.54, 1.807) is 6.33 Å². The van der Waals surface area contributed by atoms with E-state index in [0.717, 1.165) is 17.9 Å². The Morgan fingerprint density at radius 3 is 2.65 bits per heavy atom. The molecule has 4 nitrogen and oxygen atoms in total. The highest BCUT2D eigenvalue weighted by Gasteiger charge is 2.19. The molecule has 0 aliphatic carbocycles. The first-order valence-electron chi connectivity index (χ1n) is 7.86. The second-order valence-electron chi connectivity index (χ2n) is 5.85. The minimum absolute atomic E-state index is 0.250. The maximum Gasteiger partial charge on any atom is 0.125 e. The first-order chi connectivity index (χ1) is 11.2. The van der Waals surface area contributed by atoms with E-state index in [9.17, 15) is 0 Å². The fourth-order valence-electron chi connectivity index (χ4n) is 2.92. The SMILES string of the molecule is CNc1ccc(CC(c2cnc[nH]2)c2cccc(C)c2C)cn1. The van der Waals surface area contributed by atoms with Crippen LogP contribution in [-0.2, 0) is 6.42 Å². The van der Waals surface area contributed by atoms with Gasteiger partial charge in [0.15, 0.2) is 0 Å². The van der Waals surface area contributed by atoms with Crippen molar-refractivity contribution >= 4 is 5.82 Å². The molecule has 2 N–H and O–H groups in total. The third-order valence-corrected chi connectivity index (χ3v) is 4.44. The van der Waals surface area contributed by atoms with Gasteiger partial charge in [-0.15, -0.1) is 0 Å². The van der Waals surface area contributed by atoms with Crippen molar-refractivity contribution < 1.29 is 0 Å². The van der Waals surface area contributed by atoms with Gasteiger partial charge in [0.05, 0.1) is 6.33 Å². The third-order valence-electron chi connectivity index (χ3n) is 4.44. The van der Waals surface area contributed by atoms with Gasteiger partial charge in [-0.3, -0.25) is 0 Å². The maximum atomic E-state index is 4.43. The number of nitrogens with zero attached hydrogens (tertiary/aromatic N) is 2. The molecule has 23 heavy (non-hydrogen) atoms. The second kappa shape index (κ2) is 6.65. The molecule has 0 fully saturated rings. The molecular formula is C19H22N4. The van der Waals surface area contributed by atoms with Crippen LogP contribution in [0.2, 0.25) is 0 Å². The summed E-state index contributed by atoms with van der Waals surface area (Å²) in [6.45, 7) is 4.35. The van der Waals surface area contributed by atoms with Crippen LogP contribution in [0.3, 0.4) is 0 Å². The Balaban J connectivity index is 1.97. The molecule has 0 spiro atoms. The summed E-state index contributed by atoms with van der Waals surface area (Å²) in [5.74, 6) is 1.14. The number of H-pyrrole nitrogens is 1. The lowest BCUT2D eigenvalue weighted by Crippen LogP contribution is -2.08. The van der Waals surface area contributed by atoms with Crippen LogP contribution in [0.5, 0.6) is 0 Å². The van der Waals surface area contributed by atoms with Crippen LogP contribution in [0, 0.1) is 13.8 Å². The summed E-state index contributed by atoms with van der Waals surface area (Å²) in [5.41, 5.74) is 6.34. The molecule has 3 aromatic rings. The molecule has 0 radical (unpaired) electrons. The standard InChI is InChI=1S/C19H22N4/c1-13-5-4-6-16(14(13)2)17(18-11-21-12-23-18)9-15-7-8-19(20-3)22-10-15/h4-8,10-12,17H,9H2,1-3H3,(H,20,22)(H,21,23). The summed E-state index contributed by atoms with van der Waals surface area (Å²) in [6, 6.07) is 10.6. The fourth-order valence-corrected chi connectivity index (χ4v) is 2.92. The minimum atomic E-state index is 0.250. The van der Waals surface area contributed by atoms with E-state index in [4.69, 9.17) is 0 Å². The van der Waals surface area contributed by atoms with Crippen LogP contribution < -0.4 is 5.32 Å². The number of pyridine rings is 1. The Bertz CT molecular complexity index is 761. The van der Waals surface area contributed by atoms with Gasteiger partial charge in [0.25, 0.3) is 0 Å². The van der Waals surface area contributed by atoms with Crippen LogP contribution in [0.15, 0.2) is 49.1 Å². The zero-order chi connectivity index (χ0) is 16.2. The molecule has 0 aliphatic rings. The molecule has 1 unspecified atom stereocenters. The highest BCUT2D eigenvalue weighted by molar-refractivity contribution is 5.41. The zero-order valence-corrected chi connectivity index (χ0v) is 13.8. The predicted molar refractivity (Wildman–Crippen MR) is 93.8 cm³/mol. The summed E-state index contributed by atoms with van der Waals surface area (Å²) in [4.78, 5) is 11.9.